The predicted octanol–water partition coefficient (Wildman–Crippen LogP) is 2.76. The monoisotopic (exact) mass is 287 g/mol. The van der Waals surface area contributed by atoms with E-state index in [1.807, 2.05) is 13.0 Å². The van der Waals surface area contributed by atoms with Crippen LogP contribution < -0.4 is 0 Å². The molecule has 2 rings (SSSR count). The average Bonchev–Trinajstić information content (AvgIpc) is 3.13. The maximum absolute atomic E-state index is 12.4. The molecule has 0 heterocycles. The number of nitrogens with zero attached hydrogens (tertiary/aromatic N) is 1. The van der Waals surface area contributed by atoms with E-state index < -0.39 is 10.0 Å². The first-order valence-electron chi connectivity index (χ1n) is 6.07. The minimum Gasteiger partial charge on any atom is -0.207 e. The highest BCUT2D eigenvalue weighted by Gasteiger charge is 2.29. The Morgan fingerprint density at radius 1 is 1.39 bits per heavy atom. The smallest absolute Gasteiger partial charge is 0.207 e. The minimum atomic E-state index is -3.37. The van der Waals surface area contributed by atoms with Gasteiger partial charge in [0, 0.05) is 19.5 Å². The van der Waals surface area contributed by atoms with Gasteiger partial charge >= 0.3 is 0 Å². The summed E-state index contributed by atoms with van der Waals surface area (Å²) in [5, 5.41) is 0. The zero-order chi connectivity index (χ0) is 13.3. The molecule has 5 heteroatoms. The first-order chi connectivity index (χ1) is 8.45. The van der Waals surface area contributed by atoms with Gasteiger partial charge in [0.1, 0.15) is 0 Å². The van der Waals surface area contributed by atoms with Crippen molar-refractivity contribution in [2.24, 2.45) is 5.92 Å². The molecule has 0 atom stereocenters. The van der Waals surface area contributed by atoms with Gasteiger partial charge in [-0.2, -0.15) is 0 Å². The molecule has 0 radical (unpaired) electrons. The van der Waals surface area contributed by atoms with E-state index in [2.05, 4.69) is 0 Å². The lowest BCUT2D eigenvalue weighted by Gasteiger charge is -2.17. The van der Waals surface area contributed by atoms with Crippen molar-refractivity contribution in [2.75, 3.05) is 13.6 Å². The summed E-state index contributed by atoms with van der Waals surface area (Å²) in [6.45, 7) is 2.55. The topological polar surface area (TPSA) is 37.4 Å². The number of alkyl halides is 1. The maximum Gasteiger partial charge on any atom is 0.242 e. The number of hydrogen-bond donors (Lipinski definition) is 0. The molecule has 0 unspecified atom stereocenters. The molecule has 1 aromatic carbocycles. The van der Waals surface area contributed by atoms with Crippen molar-refractivity contribution in [1.82, 2.24) is 4.31 Å². The normalized spacial score (nSPS) is 16.2. The van der Waals surface area contributed by atoms with E-state index in [9.17, 15) is 8.42 Å². The van der Waals surface area contributed by atoms with Gasteiger partial charge in [0.15, 0.2) is 0 Å². The molecule has 3 nitrogen and oxygen atoms in total. The van der Waals surface area contributed by atoms with Crippen LogP contribution in [0.5, 0.6) is 0 Å². The molecule has 1 fully saturated rings. The number of benzene rings is 1. The minimum absolute atomic E-state index is 0.335. The number of halogens is 1. The van der Waals surface area contributed by atoms with Crippen molar-refractivity contribution >= 4 is 21.6 Å². The van der Waals surface area contributed by atoms with Crippen LogP contribution in [0.15, 0.2) is 23.1 Å². The molecule has 100 valence electrons. The Morgan fingerprint density at radius 3 is 2.61 bits per heavy atom. The van der Waals surface area contributed by atoms with Crippen LogP contribution >= 0.6 is 11.6 Å². The second kappa shape index (κ2) is 5.19. The van der Waals surface area contributed by atoms with Crippen molar-refractivity contribution in [3.05, 3.63) is 29.3 Å². The summed E-state index contributed by atoms with van der Waals surface area (Å²) in [6.07, 6.45) is 2.28. The fourth-order valence-corrected chi connectivity index (χ4v) is 3.48. The summed E-state index contributed by atoms with van der Waals surface area (Å²) in [6, 6.07) is 5.15. The van der Waals surface area contributed by atoms with Crippen LogP contribution in [-0.2, 0) is 15.9 Å². The van der Waals surface area contributed by atoms with Crippen LogP contribution in [0.2, 0.25) is 0 Å². The quantitative estimate of drug-likeness (QED) is 0.781. The van der Waals surface area contributed by atoms with Crippen molar-refractivity contribution < 1.29 is 8.42 Å². The molecule has 0 aliphatic heterocycles. The third-order valence-electron chi connectivity index (χ3n) is 3.38. The Balaban J connectivity index is 2.27. The fourth-order valence-electron chi connectivity index (χ4n) is 1.89. The highest BCUT2D eigenvalue weighted by atomic mass is 35.5. The van der Waals surface area contributed by atoms with Crippen molar-refractivity contribution in [2.45, 2.75) is 30.5 Å². The largest absolute Gasteiger partial charge is 0.242 e. The third-order valence-corrected chi connectivity index (χ3v) is 5.49. The molecular formula is C13H18ClNO2S. The molecule has 1 aromatic rings. The molecule has 1 saturated carbocycles. The van der Waals surface area contributed by atoms with Gasteiger partial charge in [-0.05, 0) is 48.9 Å². The number of rotatable bonds is 5. The molecule has 0 bridgehead atoms. The van der Waals surface area contributed by atoms with Crippen molar-refractivity contribution in [1.29, 1.82) is 0 Å². The summed E-state index contributed by atoms with van der Waals surface area (Å²) < 4.78 is 26.2. The van der Waals surface area contributed by atoms with Crippen LogP contribution in [0.25, 0.3) is 0 Å². The number of hydrogen-bond acceptors (Lipinski definition) is 2. The maximum atomic E-state index is 12.4. The molecule has 0 saturated heterocycles. The van der Waals surface area contributed by atoms with Crippen LogP contribution in [0.1, 0.15) is 24.0 Å². The molecule has 1 aliphatic carbocycles. The Kier molecular flexibility index (Phi) is 3.99. The lowest BCUT2D eigenvalue weighted by atomic mass is 10.1. The summed E-state index contributed by atoms with van der Waals surface area (Å²) in [5.41, 5.74) is 1.89. The van der Waals surface area contributed by atoms with Gasteiger partial charge in [0.05, 0.1) is 4.90 Å². The molecule has 0 aromatic heterocycles. The van der Waals surface area contributed by atoms with Gasteiger partial charge in [-0.15, -0.1) is 11.6 Å². The highest BCUT2D eigenvalue weighted by Crippen LogP contribution is 2.31. The molecule has 0 amide bonds. The van der Waals surface area contributed by atoms with E-state index in [-0.39, 0.29) is 0 Å². The zero-order valence-electron chi connectivity index (χ0n) is 10.7. The molecule has 1 aliphatic rings. The van der Waals surface area contributed by atoms with E-state index >= 15 is 0 Å². The van der Waals surface area contributed by atoms with Crippen molar-refractivity contribution in [3.63, 3.8) is 0 Å². The van der Waals surface area contributed by atoms with E-state index in [4.69, 9.17) is 11.6 Å². The van der Waals surface area contributed by atoms with E-state index in [1.54, 1.807) is 19.2 Å². The number of sulfonamides is 1. The predicted molar refractivity (Wildman–Crippen MR) is 73.3 cm³/mol. The lowest BCUT2D eigenvalue weighted by Crippen LogP contribution is -2.29. The summed E-state index contributed by atoms with van der Waals surface area (Å²) in [4.78, 5) is 0.340. The van der Waals surface area contributed by atoms with Gasteiger partial charge < -0.3 is 0 Å². The molecule has 0 spiro atoms. The van der Waals surface area contributed by atoms with Crippen LogP contribution in [0.4, 0.5) is 0 Å². The van der Waals surface area contributed by atoms with Gasteiger partial charge in [-0.25, -0.2) is 12.7 Å². The molecular weight excluding hydrogens is 270 g/mol. The fraction of sp³-hybridized carbons (Fsp3) is 0.538. The Labute approximate surface area is 114 Å². The van der Waals surface area contributed by atoms with E-state index in [1.165, 1.54) is 4.31 Å². The Hall–Kier alpha value is -0.580. The van der Waals surface area contributed by atoms with Gasteiger partial charge in [0.25, 0.3) is 0 Å². The first-order valence-corrected chi connectivity index (χ1v) is 8.04. The van der Waals surface area contributed by atoms with Gasteiger partial charge in [-0.3, -0.25) is 0 Å². The summed E-state index contributed by atoms with van der Waals surface area (Å²) >= 11 is 5.82. The third kappa shape index (κ3) is 2.87. The van der Waals surface area contributed by atoms with E-state index in [0.717, 1.165) is 24.0 Å². The second-order valence-electron chi connectivity index (χ2n) is 4.95. The standard InChI is InChI=1S/C13H18ClNO2S/c1-10-3-6-13(7-12(10)8-14)18(16,17)15(2)9-11-4-5-11/h3,6-7,11H,4-5,8-9H2,1-2H3. The average molecular weight is 288 g/mol. The molecule has 0 N–H and O–H groups in total. The van der Waals surface area contributed by atoms with Crippen LogP contribution in [0, 0.1) is 12.8 Å². The lowest BCUT2D eigenvalue weighted by molar-refractivity contribution is 0.453. The summed E-state index contributed by atoms with van der Waals surface area (Å²) in [5.74, 6) is 0.879. The SMILES string of the molecule is Cc1ccc(S(=O)(=O)N(C)CC2CC2)cc1CCl. The number of aryl methyl sites for hydroxylation is 1. The highest BCUT2D eigenvalue weighted by molar-refractivity contribution is 7.89. The Morgan fingerprint density at radius 2 is 2.06 bits per heavy atom. The van der Waals surface area contributed by atoms with Crippen LogP contribution in [-0.4, -0.2) is 26.3 Å². The van der Waals surface area contributed by atoms with E-state index in [0.29, 0.717) is 23.2 Å². The first kappa shape index (κ1) is 13.8. The zero-order valence-corrected chi connectivity index (χ0v) is 12.3. The van der Waals surface area contributed by atoms with Crippen molar-refractivity contribution in [3.8, 4) is 0 Å². The summed E-state index contributed by atoms with van der Waals surface area (Å²) in [7, 11) is -1.72. The Bertz CT molecular complexity index is 538. The van der Waals surface area contributed by atoms with Crippen LogP contribution in [0.3, 0.4) is 0 Å². The van der Waals surface area contributed by atoms with Gasteiger partial charge in [0.2, 0.25) is 10.0 Å². The second-order valence-corrected chi connectivity index (χ2v) is 7.26. The van der Waals surface area contributed by atoms with Gasteiger partial charge in [-0.1, -0.05) is 6.07 Å². The molecule has 18 heavy (non-hydrogen) atoms.